The summed E-state index contributed by atoms with van der Waals surface area (Å²) < 4.78 is 0. The van der Waals surface area contributed by atoms with Crippen LogP contribution in [0, 0.1) is 13.8 Å². The van der Waals surface area contributed by atoms with Gasteiger partial charge < -0.3 is 10.0 Å². The van der Waals surface area contributed by atoms with Crippen molar-refractivity contribution in [2.24, 2.45) is 0 Å². The second-order valence-electron chi connectivity index (χ2n) is 5.42. The highest BCUT2D eigenvalue weighted by Crippen LogP contribution is 2.25. The fourth-order valence-corrected chi connectivity index (χ4v) is 3.52. The van der Waals surface area contributed by atoms with Crippen molar-refractivity contribution in [3.63, 3.8) is 0 Å². The van der Waals surface area contributed by atoms with Gasteiger partial charge in [0.15, 0.2) is 0 Å². The molecule has 1 aliphatic rings. The summed E-state index contributed by atoms with van der Waals surface area (Å²) in [5.74, 6) is 0.640. The van der Waals surface area contributed by atoms with Crippen LogP contribution in [0.25, 0.3) is 0 Å². The molecule has 1 fully saturated rings. The number of aromatic nitrogens is 2. The standard InChI is InChI=1S/C15H23N3O2S/c1-10-13(14(21-3)17-11(2)16-10)15(20)18-8-6-4-5-7-12(18)9-19/h12,19H,4-9H2,1-3H3. The molecule has 116 valence electrons. The number of rotatable bonds is 3. The molecule has 1 unspecified atom stereocenters. The predicted octanol–water partition coefficient (Wildman–Crippen LogP) is 2.19. The number of carbonyl (C=O) groups excluding carboxylic acids is 1. The van der Waals surface area contributed by atoms with Gasteiger partial charge in [-0.2, -0.15) is 0 Å². The molecule has 0 aromatic carbocycles. The average molecular weight is 309 g/mol. The Morgan fingerprint density at radius 2 is 2.10 bits per heavy atom. The van der Waals surface area contributed by atoms with Gasteiger partial charge in [-0.3, -0.25) is 4.79 Å². The summed E-state index contributed by atoms with van der Waals surface area (Å²) >= 11 is 1.47. The van der Waals surface area contributed by atoms with E-state index in [9.17, 15) is 9.90 Å². The molecule has 6 heteroatoms. The highest BCUT2D eigenvalue weighted by molar-refractivity contribution is 7.98. The van der Waals surface area contributed by atoms with E-state index in [1.165, 1.54) is 11.8 Å². The Morgan fingerprint density at radius 3 is 2.76 bits per heavy atom. The Hall–Kier alpha value is -1.14. The molecule has 0 saturated carbocycles. The summed E-state index contributed by atoms with van der Waals surface area (Å²) in [6.45, 7) is 4.41. The lowest BCUT2D eigenvalue weighted by Crippen LogP contribution is -2.42. The van der Waals surface area contributed by atoms with Crippen LogP contribution in [0.1, 0.15) is 47.6 Å². The number of likely N-dealkylation sites (tertiary alicyclic amines) is 1. The Balaban J connectivity index is 2.38. The molecule has 1 aliphatic heterocycles. The van der Waals surface area contributed by atoms with Crippen LogP contribution in [0.2, 0.25) is 0 Å². The quantitative estimate of drug-likeness (QED) is 0.685. The average Bonchev–Trinajstić information content (AvgIpc) is 2.70. The normalized spacial score (nSPS) is 19.4. The zero-order chi connectivity index (χ0) is 15.4. The van der Waals surface area contributed by atoms with Crippen molar-refractivity contribution in [3.8, 4) is 0 Å². The first kappa shape index (κ1) is 16.2. The van der Waals surface area contributed by atoms with E-state index in [0.717, 1.165) is 36.4 Å². The number of hydrogen-bond acceptors (Lipinski definition) is 5. The third kappa shape index (κ3) is 3.55. The zero-order valence-electron chi connectivity index (χ0n) is 12.9. The highest BCUT2D eigenvalue weighted by Gasteiger charge is 2.29. The van der Waals surface area contributed by atoms with Crippen molar-refractivity contribution in [2.75, 3.05) is 19.4 Å². The summed E-state index contributed by atoms with van der Waals surface area (Å²) in [6, 6.07) is -0.0876. The summed E-state index contributed by atoms with van der Waals surface area (Å²) in [6.07, 6.45) is 5.95. The molecule has 0 aliphatic carbocycles. The van der Waals surface area contributed by atoms with Gasteiger partial charge in [-0.25, -0.2) is 9.97 Å². The number of hydrogen-bond donors (Lipinski definition) is 1. The van der Waals surface area contributed by atoms with Crippen molar-refractivity contribution in [2.45, 2.75) is 50.6 Å². The summed E-state index contributed by atoms with van der Waals surface area (Å²) in [7, 11) is 0. The van der Waals surface area contributed by atoms with E-state index >= 15 is 0 Å². The van der Waals surface area contributed by atoms with Crippen molar-refractivity contribution >= 4 is 17.7 Å². The molecular formula is C15H23N3O2S. The second-order valence-corrected chi connectivity index (χ2v) is 6.22. The SMILES string of the molecule is CSc1nc(C)nc(C)c1C(=O)N1CCCCCC1CO. The molecule has 0 spiro atoms. The van der Waals surface area contributed by atoms with Crippen LogP contribution in [-0.4, -0.2) is 51.3 Å². The van der Waals surface area contributed by atoms with Gasteiger partial charge >= 0.3 is 0 Å². The monoisotopic (exact) mass is 309 g/mol. The lowest BCUT2D eigenvalue weighted by Gasteiger charge is -2.29. The van der Waals surface area contributed by atoms with E-state index in [1.54, 1.807) is 0 Å². The van der Waals surface area contributed by atoms with E-state index in [-0.39, 0.29) is 18.6 Å². The number of thioether (sulfide) groups is 1. The maximum Gasteiger partial charge on any atom is 0.258 e. The number of amides is 1. The minimum atomic E-state index is -0.0876. The molecular weight excluding hydrogens is 286 g/mol. The largest absolute Gasteiger partial charge is 0.394 e. The zero-order valence-corrected chi connectivity index (χ0v) is 13.7. The lowest BCUT2D eigenvalue weighted by molar-refractivity contribution is 0.0594. The van der Waals surface area contributed by atoms with Gasteiger partial charge in [-0.05, 0) is 32.9 Å². The molecule has 0 radical (unpaired) electrons. The third-order valence-electron chi connectivity index (χ3n) is 3.92. The minimum absolute atomic E-state index is 0.0199. The van der Waals surface area contributed by atoms with Gasteiger partial charge in [0.1, 0.15) is 10.9 Å². The fraction of sp³-hybridized carbons (Fsp3) is 0.667. The van der Waals surface area contributed by atoms with Crippen molar-refractivity contribution in [1.82, 2.24) is 14.9 Å². The van der Waals surface area contributed by atoms with Crippen LogP contribution < -0.4 is 0 Å². The summed E-state index contributed by atoms with van der Waals surface area (Å²) in [5, 5.41) is 10.3. The second kappa shape index (κ2) is 7.22. The van der Waals surface area contributed by atoms with Gasteiger partial charge in [0, 0.05) is 6.54 Å². The molecule has 1 amide bonds. The van der Waals surface area contributed by atoms with E-state index in [4.69, 9.17) is 0 Å². The van der Waals surface area contributed by atoms with Gasteiger partial charge in [-0.15, -0.1) is 11.8 Å². The molecule has 1 N–H and O–H groups in total. The van der Waals surface area contributed by atoms with Gasteiger partial charge in [-0.1, -0.05) is 12.8 Å². The van der Waals surface area contributed by atoms with Crippen LogP contribution in [0.15, 0.2) is 5.03 Å². The van der Waals surface area contributed by atoms with Crippen molar-refractivity contribution in [3.05, 3.63) is 17.1 Å². The van der Waals surface area contributed by atoms with Crippen LogP contribution in [-0.2, 0) is 0 Å². The smallest absolute Gasteiger partial charge is 0.258 e. The molecule has 1 saturated heterocycles. The van der Waals surface area contributed by atoms with Crippen molar-refractivity contribution in [1.29, 1.82) is 0 Å². The summed E-state index contributed by atoms with van der Waals surface area (Å²) in [5.41, 5.74) is 1.31. The van der Waals surface area contributed by atoms with Crippen LogP contribution >= 0.6 is 11.8 Å². The number of aliphatic hydroxyl groups excluding tert-OH is 1. The molecule has 1 atom stereocenters. The Morgan fingerprint density at radius 1 is 1.33 bits per heavy atom. The van der Waals surface area contributed by atoms with E-state index in [2.05, 4.69) is 9.97 Å². The van der Waals surface area contributed by atoms with Gasteiger partial charge in [0.05, 0.1) is 23.9 Å². The van der Waals surface area contributed by atoms with Crippen LogP contribution in [0.3, 0.4) is 0 Å². The number of carbonyl (C=O) groups is 1. The number of nitrogens with zero attached hydrogens (tertiary/aromatic N) is 3. The highest BCUT2D eigenvalue weighted by atomic mass is 32.2. The van der Waals surface area contributed by atoms with E-state index in [1.807, 2.05) is 25.0 Å². The summed E-state index contributed by atoms with van der Waals surface area (Å²) in [4.78, 5) is 23.5. The topological polar surface area (TPSA) is 66.3 Å². The Kier molecular flexibility index (Phi) is 5.58. The van der Waals surface area contributed by atoms with Gasteiger partial charge in [0.2, 0.25) is 0 Å². The first-order valence-electron chi connectivity index (χ1n) is 7.39. The molecule has 1 aromatic rings. The fourth-order valence-electron chi connectivity index (χ4n) is 2.85. The third-order valence-corrected chi connectivity index (χ3v) is 4.61. The first-order chi connectivity index (χ1) is 10.1. The minimum Gasteiger partial charge on any atom is -0.394 e. The molecule has 5 nitrogen and oxygen atoms in total. The molecule has 0 bridgehead atoms. The maximum absolute atomic E-state index is 13.0. The molecule has 2 heterocycles. The maximum atomic E-state index is 13.0. The molecule has 21 heavy (non-hydrogen) atoms. The van der Waals surface area contributed by atoms with Crippen molar-refractivity contribution < 1.29 is 9.90 Å². The van der Waals surface area contributed by atoms with Gasteiger partial charge in [0.25, 0.3) is 5.91 Å². The molecule has 2 rings (SSSR count). The Bertz CT molecular complexity index is 522. The number of aryl methyl sites for hydroxylation is 2. The Labute approximate surface area is 130 Å². The lowest BCUT2D eigenvalue weighted by atomic mass is 10.1. The predicted molar refractivity (Wildman–Crippen MR) is 83.7 cm³/mol. The van der Waals surface area contributed by atoms with Crippen LogP contribution in [0.4, 0.5) is 0 Å². The van der Waals surface area contributed by atoms with E-state index < -0.39 is 0 Å². The molecule has 1 aromatic heterocycles. The first-order valence-corrected chi connectivity index (χ1v) is 8.62. The number of aliphatic hydroxyl groups is 1. The van der Waals surface area contributed by atoms with Crippen LogP contribution in [0.5, 0.6) is 0 Å². The van der Waals surface area contributed by atoms with E-state index in [0.29, 0.717) is 17.9 Å².